The lowest BCUT2D eigenvalue weighted by molar-refractivity contribution is 0.0301. The number of aryl methyl sites for hydroxylation is 1. The fourth-order valence-corrected chi connectivity index (χ4v) is 3.14. The molecule has 5 heteroatoms. The van der Waals surface area contributed by atoms with E-state index in [9.17, 15) is 4.79 Å². The number of nitrogens with zero attached hydrogens (tertiary/aromatic N) is 2. The van der Waals surface area contributed by atoms with Gasteiger partial charge in [0.25, 0.3) is 0 Å². The van der Waals surface area contributed by atoms with Crippen LogP contribution in [0.1, 0.15) is 42.9 Å². The Morgan fingerprint density at radius 3 is 2.76 bits per heavy atom. The van der Waals surface area contributed by atoms with E-state index in [0.29, 0.717) is 0 Å². The predicted molar refractivity (Wildman–Crippen MR) is 79.8 cm³/mol. The van der Waals surface area contributed by atoms with Gasteiger partial charge < -0.3 is 14.4 Å². The summed E-state index contributed by atoms with van der Waals surface area (Å²) in [7, 11) is 0. The van der Waals surface area contributed by atoms with Crippen molar-refractivity contribution in [1.29, 1.82) is 0 Å². The van der Waals surface area contributed by atoms with Crippen LogP contribution in [0.25, 0.3) is 11.0 Å². The number of fused-ring (bicyclic) bond motifs is 1. The Balaban J connectivity index is 2.18. The summed E-state index contributed by atoms with van der Waals surface area (Å²) in [5, 5.41) is 9.13. The number of hydrogen-bond donors (Lipinski definition) is 1. The summed E-state index contributed by atoms with van der Waals surface area (Å²) in [4.78, 5) is 15.8. The van der Waals surface area contributed by atoms with Gasteiger partial charge in [-0.25, -0.2) is 9.78 Å². The topological polar surface area (TPSA) is 64.3 Å². The molecule has 1 fully saturated rings. The molecule has 5 nitrogen and oxygen atoms in total. The number of imidazole rings is 1. The lowest BCUT2D eigenvalue weighted by Crippen LogP contribution is -2.37. The number of rotatable bonds is 3. The maximum Gasteiger partial charge on any atom is 0.335 e. The molecule has 0 amide bonds. The highest BCUT2D eigenvalue weighted by atomic mass is 16.5. The minimum Gasteiger partial charge on any atom is -0.478 e. The SMILES string of the molecule is CCc1nc2cc(C(=O)O)ccc2n1C1(C)CCOCC1. The van der Waals surface area contributed by atoms with Gasteiger partial charge in [0.2, 0.25) is 0 Å². The second kappa shape index (κ2) is 5.15. The average molecular weight is 288 g/mol. The molecule has 0 bridgehead atoms. The smallest absolute Gasteiger partial charge is 0.335 e. The number of carbonyl (C=O) groups is 1. The van der Waals surface area contributed by atoms with E-state index in [1.165, 1.54) is 0 Å². The van der Waals surface area contributed by atoms with Crippen molar-refractivity contribution < 1.29 is 14.6 Å². The number of carboxylic acids is 1. The first-order valence-corrected chi connectivity index (χ1v) is 7.38. The molecule has 3 rings (SSSR count). The van der Waals surface area contributed by atoms with E-state index in [1.54, 1.807) is 12.1 Å². The maximum absolute atomic E-state index is 11.1. The highest BCUT2D eigenvalue weighted by Gasteiger charge is 2.32. The van der Waals surface area contributed by atoms with Crippen LogP contribution in [0.15, 0.2) is 18.2 Å². The zero-order chi connectivity index (χ0) is 15.0. The monoisotopic (exact) mass is 288 g/mol. The van der Waals surface area contributed by atoms with Crippen molar-refractivity contribution in [3.05, 3.63) is 29.6 Å². The van der Waals surface area contributed by atoms with Gasteiger partial charge >= 0.3 is 5.97 Å². The zero-order valence-corrected chi connectivity index (χ0v) is 12.4. The van der Waals surface area contributed by atoms with Crippen LogP contribution in [0, 0.1) is 0 Å². The van der Waals surface area contributed by atoms with Gasteiger partial charge in [0, 0.05) is 25.2 Å². The summed E-state index contributed by atoms with van der Waals surface area (Å²) in [6.45, 7) is 5.83. The third-order valence-electron chi connectivity index (χ3n) is 4.40. The molecule has 1 aromatic carbocycles. The summed E-state index contributed by atoms with van der Waals surface area (Å²) in [5.41, 5.74) is 2.05. The van der Waals surface area contributed by atoms with Crippen LogP contribution in [0.3, 0.4) is 0 Å². The van der Waals surface area contributed by atoms with Crippen molar-refractivity contribution in [2.75, 3.05) is 13.2 Å². The van der Waals surface area contributed by atoms with Gasteiger partial charge in [-0.1, -0.05) is 6.92 Å². The summed E-state index contributed by atoms with van der Waals surface area (Å²) >= 11 is 0. The molecule has 1 saturated heterocycles. The van der Waals surface area contributed by atoms with Crippen LogP contribution < -0.4 is 0 Å². The fourth-order valence-electron chi connectivity index (χ4n) is 3.14. The Morgan fingerprint density at radius 1 is 1.43 bits per heavy atom. The third kappa shape index (κ3) is 2.31. The van der Waals surface area contributed by atoms with Gasteiger partial charge in [-0.2, -0.15) is 0 Å². The molecule has 21 heavy (non-hydrogen) atoms. The van der Waals surface area contributed by atoms with E-state index in [2.05, 4.69) is 23.4 Å². The van der Waals surface area contributed by atoms with E-state index < -0.39 is 5.97 Å². The molecular formula is C16H20N2O3. The number of benzene rings is 1. The Hall–Kier alpha value is -1.88. The van der Waals surface area contributed by atoms with Crippen molar-refractivity contribution in [3.63, 3.8) is 0 Å². The van der Waals surface area contributed by atoms with E-state index in [-0.39, 0.29) is 11.1 Å². The molecule has 1 aliphatic heterocycles. The molecule has 2 aromatic rings. The first kappa shape index (κ1) is 14.1. The van der Waals surface area contributed by atoms with Crippen LogP contribution in [-0.4, -0.2) is 33.8 Å². The van der Waals surface area contributed by atoms with Crippen LogP contribution in [-0.2, 0) is 16.7 Å². The minimum atomic E-state index is -0.915. The number of ether oxygens (including phenoxy) is 1. The maximum atomic E-state index is 11.1. The van der Waals surface area contributed by atoms with Crippen LogP contribution in [0.4, 0.5) is 0 Å². The quantitative estimate of drug-likeness (QED) is 0.943. The van der Waals surface area contributed by atoms with Gasteiger partial charge in [-0.3, -0.25) is 0 Å². The van der Waals surface area contributed by atoms with Gasteiger partial charge in [-0.15, -0.1) is 0 Å². The van der Waals surface area contributed by atoms with Crippen LogP contribution in [0.2, 0.25) is 0 Å². The molecule has 1 N–H and O–H groups in total. The normalized spacial score (nSPS) is 18.0. The number of hydrogen-bond acceptors (Lipinski definition) is 3. The van der Waals surface area contributed by atoms with E-state index in [1.807, 2.05) is 6.07 Å². The van der Waals surface area contributed by atoms with E-state index in [4.69, 9.17) is 9.84 Å². The Labute approximate surface area is 123 Å². The van der Waals surface area contributed by atoms with Gasteiger partial charge in [0.05, 0.1) is 16.6 Å². The molecule has 1 aliphatic rings. The second-order valence-electron chi connectivity index (χ2n) is 5.83. The van der Waals surface area contributed by atoms with E-state index in [0.717, 1.165) is 49.3 Å². The van der Waals surface area contributed by atoms with Crippen molar-refractivity contribution in [3.8, 4) is 0 Å². The molecule has 112 valence electrons. The second-order valence-corrected chi connectivity index (χ2v) is 5.83. The Morgan fingerprint density at radius 2 is 2.14 bits per heavy atom. The molecular weight excluding hydrogens is 268 g/mol. The van der Waals surface area contributed by atoms with Gasteiger partial charge in [0.1, 0.15) is 5.82 Å². The highest BCUT2D eigenvalue weighted by molar-refractivity contribution is 5.92. The standard InChI is InChI=1S/C16H20N2O3/c1-3-14-17-12-10-11(15(19)20)4-5-13(12)18(14)16(2)6-8-21-9-7-16/h4-5,10H,3,6-9H2,1-2H3,(H,19,20). The van der Waals surface area contributed by atoms with E-state index >= 15 is 0 Å². The number of carboxylic acid groups (broad SMARTS) is 1. The predicted octanol–water partition coefficient (Wildman–Crippen LogP) is 2.82. The largest absolute Gasteiger partial charge is 0.478 e. The Bertz CT molecular complexity index is 684. The summed E-state index contributed by atoms with van der Waals surface area (Å²) in [5.74, 6) is 0.0960. The van der Waals surface area contributed by atoms with Crippen molar-refractivity contribution in [2.24, 2.45) is 0 Å². The number of aromatic nitrogens is 2. The highest BCUT2D eigenvalue weighted by Crippen LogP contribution is 2.34. The van der Waals surface area contributed by atoms with Crippen molar-refractivity contribution in [1.82, 2.24) is 9.55 Å². The van der Waals surface area contributed by atoms with Gasteiger partial charge in [0.15, 0.2) is 0 Å². The minimum absolute atomic E-state index is 0.0108. The molecule has 0 spiro atoms. The first-order chi connectivity index (χ1) is 10.0. The van der Waals surface area contributed by atoms with Crippen LogP contribution in [0.5, 0.6) is 0 Å². The lowest BCUT2D eigenvalue weighted by atomic mass is 9.91. The van der Waals surface area contributed by atoms with Crippen LogP contribution >= 0.6 is 0 Å². The molecule has 0 atom stereocenters. The molecule has 2 heterocycles. The molecule has 0 unspecified atom stereocenters. The van der Waals surface area contributed by atoms with Crippen molar-refractivity contribution in [2.45, 2.75) is 38.6 Å². The average Bonchev–Trinajstić information content (AvgIpc) is 2.86. The molecule has 0 saturated carbocycles. The summed E-state index contributed by atoms with van der Waals surface area (Å²) in [6.07, 6.45) is 2.73. The van der Waals surface area contributed by atoms with Crippen molar-refractivity contribution >= 4 is 17.0 Å². The molecule has 0 aliphatic carbocycles. The summed E-state index contributed by atoms with van der Waals surface area (Å²) in [6, 6.07) is 5.20. The molecule has 1 aromatic heterocycles. The summed E-state index contributed by atoms with van der Waals surface area (Å²) < 4.78 is 7.78. The fraction of sp³-hybridized carbons (Fsp3) is 0.500. The molecule has 0 radical (unpaired) electrons. The lowest BCUT2D eigenvalue weighted by Gasteiger charge is -2.36. The third-order valence-corrected chi connectivity index (χ3v) is 4.40. The zero-order valence-electron chi connectivity index (χ0n) is 12.4. The first-order valence-electron chi connectivity index (χ1n) is 7.38. The number of aromatic carboxylic acids is 1. The Kier molecular flexibility index (Phi) is 3.45. The van der Waals surface area contributed by atoms with Gasteiger partial charge in [-0.05, 0) is 38.0 Å².